The Labute approximate surface area is 158 Å². The summed E-state index contributed by atoms with van der Waals surface area (Å²) in [7, 11) is 0. The summed E-state index contributed by atoms with van der Waals surface area (Å²) in [5.74, 6) is 2.14. The SMILES string of the molecule is CC(=O)c1c(C)[nH]c(C(=O)NCc2ccc(N3CCSCC3)cc2)c1C. The molecule has 26 heavy (non-hydrogen) atoms. The minimum Gasteiger partial charge on any atom is -0.370 e. The van der Waals surface area contributed by atoms with E-state index >= 15 is 0 Å². The van der Waals surface area contributed by atoms with E-state index in [0.29, 0.717) is 23.4 Å². The standard InChI is InChI=1S/C20H25N3O2S/c1-13-18(15(3)24)14(2)22-19(13)20(25)21-12-16-4-6-17(7-5-16)23-8-10-26-11-9-23/h4-7,22H,8-12H2,1-3H3,(H,21,25). The lowest BCUT2D eigenvalue weighted by Crippen LogP contribution is -2.32. The van der Waals surface area contributed by atoms with Crippen molar-refractivity contribution in [1.82, 2.24) is 10.3 Å². The number of carbonyl (C=O) groups is 2. The van der Waals surface area contributed by atoms with E-state index < -0.39 is 0 Å². The van der Waals surface area contributed by atoms with Gasteiger partial charge in [-0.1, -0.05) is 12.1 Å². The molecule has 6 heteroatoms. The summed E-state index contributed by atoms with van der Waals surface area (Å²) in [4.78, 5) is 29.6. The average molecular weight is 372 g/mol. The van der Waals surface area contributed by atoms with Crippen LogP contribution in [-0.2, 0) is 6.54 Å². The first-order valence-electron chi connectivity index (χ1n) is 8.87. The molecular formula is C20H25N3O2S. The van der Waals surface area contributed by atoms with Gasteiger partial charge in [-0.05, 0) is 44.0 Å². The Balaban J connectivity index is 1.63. The molecular weight excluding hydrogens is 346 g/mol. The van der Waals surface area contributed by atoms with Crippen molar-refractivity contribution in [1.29, 1.82) is 0 Å². The third-order valence-corrected chi connectivity index (χ3v) is 5.72. The van der Waals surface area contributed by atoms with Gasteiger partial charge in [-0.15, -0.1) is 0 Å². The number of H-pyrrole nitrogens is 1. The quantitative estimate of drug-likeness (QED) is 0.792. The molecule has 0 radical (unpaired) electrons. The van der Waals surface area contributed by atoms with Gasteiger partial charge in [0.25, 0.3) is 5.91 Å². The van der Waals surface area contributed by atoms with Gasteiger partial charge in [0.15, 0.2) is 5.78 Å². The first-order valence-corrected chi connectivity index (χ1v) is 10.0. The third-order valence-electron chi connectivity index (χ3n) is 4.78. The van der Waals surface area contributed by atoms with Crippen LogP contribution >= 0.6 is 11.8 Å². The van der Waals surface area contributed by atoms with Crippen LogP contribution in [0.1, 0.15) is 44.6 Å². The highest BCUT2D eigenvalue weighted by molar-refractivity contribution is 7.99. The Kier molecular flexibility index (Phi) is 5.71. The number of aromatic nitrogens is 1. The van der Waals surface area contributed by atoms with Crippen molar-refractivity contribution in [3.63, 3.8) is 0 Å². The number of thioether (sulfide) groups is 1. The maximum Gasteiger partial charge on any atom is 0.268 e. The average Bonchev–Trinajstić information content (AvgIpc) is 2.95. The topological polar surface area (TPSA) is 65.2 Å². The Bertz CT molecular complexity index is 805. The second-order valence-electron chi connectivity index (χ2n) is 6.63. The third kappa shape index (κ3) is 3.96. The highest BCUT2D eigenvalue weighted by Crippen LogP contribution is 2.21. The number of ketones is 1. The highest BCUT2D eigenvalue weighted by atomic mass is 32.2. The molecule has 0 aliphatic carbocycles. The van der Waals surface area contributed by atoms with E-state index in [4.69, 9.17) is 0 Å². The van der Waals surface area contributed by atoms with Gasteiger partial charge in [0.2, 0.25) is 0 Å². The van der Waals surface area contributed by atoms with E-state index in [1.807, 2.05) is 18.7 Å². The van der Waals surface area contributed by atoms with Crippen molar-refractivity contribution >= 4 is 29.1 Å². The molecule has 138 valence electrons. The Morgan fingerprint density at radius 1 is 1.15 bits per heavy atom. The molecule has 2 aromatic rings. The minimum absolute atomic E-state index is 0.0259. The molecule has 0 spiro atoms. The summed E-state index contributed by atoms with van der Waals surface area (Å²) < 4.78 is 0. The van der Waals surface area contributed by atoms with E-state index in [0.717, 1.165) is 24.3 Å². The van der Waals surface area contributed by atoms with E-state index in [1.54, 1.807) is 6.92 Å². The van der Waals surface area contributed by atoms with Gasteiger partial charge in [0.05, 0.1) is 0 Å². The van der Waals surface area contributed by atoms with Crippen LogP contribution in [0.15, 0.2) is 24.3 Å². The van der Waals surface area contributed by atoms with Crippen molar-refractivity contribution in [2.75, 3.05) is 29.5 Å². The van der Waals surface area contributed by atoms with Crippen LogP contribution in [0.3, 0.4) is 0 Å². The molecule has 3 rings (SSSR count). The van der Waals surface area contributed by atoms with E-state index in [2.05, 4.69) is 39.5 Å². The summed E-state index contributed by atoms with van der Waals surface area (Å²) in [5, 5.41) is 2.94. The lowest BCUT2D eigenvalue weighted by molar-refractivity contribution is 0.0945. The molecule has 1 amide bonds. The zero-order valence-corrected chi connectivity index (χ0v) is 16.3. The number of rotatable bonds is 5. The molecule has 1 aliphatic rings. The number of anilines is 1. The maximum atomic E-state index is 12.5. The summed E-state index contributed by atoms with van der Waals surface area (Å²) >= 11 is 2.00. The van der Waals surface area contributed by atoms with Crippen molar-refractivity contribution in [2.24, 2.45) is 0 Å². The summed E-state index contributed by atoms with van der Waals surface area (Å²) in [6.45, 7) is 7.78. The van der Waals surface area contributed by atoms with E-state index in [-0.39, 0.29) is 11.7 Å². The summed E-state index contributed by atoms with van der Waals surface area (Å²) in [5.41, 5.74) is 4.83. The number of nitrogens with zero attached hydrogens (tertiary/aromatic N) is 1. The maximum absolute atomic E-state index is 12.5. The largest absolute Gasteiger partial charge is 0.370 e. The monoisotopic (exact) mass is 371 g/mol. The van der Waals surface area contributed by atoms with Crippen LogP contribution in [0.25, 0.3) is 0 Å². The number of hydrogen-bond donors (Lipinski definition) is 2. The van der Waals surface area contributed by atoms with Crippen LogP contribution in [0.5, 0.6) is 0 Å². The highest BCUT2D eigenvalue weighted by Gasteiger charge is 2.19. The normalized spacial score (nSPS) is 14.3. The second-order valence-corrected chi connectivity index (χ2v) is 7.85. The van der Waals surface area contributed by atoms with Gasteiger partial charge in [-0.25, -0.2) is 0 Å². The van der Waals surface area contributed by atoms with Gasteiger partial charge in [-0.2, -0.15) is 11.8 Å². The summed E-state index contributed by atoms with van der Waals surface area (Å²) in [6, 6.07) is 8.36. The van der Waals surface area contributed by atoms with Gasteiger partial charge in [0, 0.05) is 48.1 Å². The molecule has 1 aromatic carbocycles. The van der Waals surface area contributed by atoms with Crippen LogP contribution in [0, 0.1) is 13.8 Å². The lowest BCUT2D eigenvalue weighted by atomic mass is 10.1. The molecule has 2 heterocycles. The fourth-order valence-electron chi connectivity index (χ4n) is 3.42. The van der Waals surface area contributed by atoms with Crippen LogP contribution < -0.4 is 10.2 Å². The van der Waals surface area contributed by atoms with Crippen molar-refractivity contribution in [2.45, 2.75) is 27.3 Å². The van der Waals surface area contributed by atoms with Gasteiger partial charge in [-0.3, -0.25) is 9.59 Å². The molecule has 5 nitrogen and oxygen atoms in total. The van der Waals surface area contributed by atoms with Crippen LogP contribution in [-0.4, -0.2) is 41.3 Å². The lowest BCUT2D eigenvalue weighted by Gasteiger charge is -2.28. The van der Waals surface area contributed by atoms with Crippen LogP contribution in [0.2, 0.25) is 0 Å². The van der Waals surface area contributed by atoms with Crippen LogP contribution in [0.4, 0.5) is 5.69 Å². The number of Topliss-reactive ketones (excluding diaryl/α,β-unsaturated/α-hetero) is 1. The molecule has 1 saturated heterocycles. The Morgan fingerprint density at radius 3 is 2.38 bits per heavy atom. The first-order chi connectivity index (χ1) is 12.5. The first kappa shape index (κ1) is 18.6. The molecule has 2 N–H and O–H groups in total. The smallest absolute Gasteiger partial charge is 0.268 e. The fourth-order valence-corrected chi connectivity index (χ4v) is 4.33. The van der Waals surface area contributed by atoms with Crippen molar-refractivity contribution in [3.8, 4) is 0 Å². The number of hydrogen-bond acceptors (Lipinski definition) is 4. The number of aryl methyl sites for hydroxylation is 1. The molecule has 1 aromatic heterocycles. The van der Waals surface area contributed by atoms with E-state index in [1.165, 1.54) is 24.1 Å². The Hall–Kier alpha value is -2.21. The number of aromatic amines is 1. The second kappa shape index (κ2) is 7.99. The number of carbonyl (C=O) groups excluding carboxylic acids is 2. The summed E-state index contributed by atoms with van der Waals surface area (Å²) in [6.07, 6.45) is 0. The van der Waals surface area contributed by atoms with E-state index in [9.17, 15) is 9.59 Å². The zero-order valence-electron chi connectivity index (χ0n) is 15.5. The number of nitrogens with one attached hydrogen (secondary N) is 2. The zero-order chi connectivity index (χ0) is 18.7. The van der Waals surface area contributed by atoms with Gasteiger partial charge < -0.3 is 15.2 Å². The molecule has 1 aliphatic heterocycles. The Morgan fingerprint density at radius 2 is 1.81 bits per heavy atom. The van der Waals surface area contributed by atoms with Crippen molar-refractivity contribution < 1.29 is 9.59 Å². The minimum atomic E-state index is -0.185. The fraction of sp³-hybridized carbons (Fsp3) is 0.400. The molecule has 1 fully saturated rings. The molecule has 0 saturated carbocycles. The molecule has 0 atom stereocenters. The van der Waals surface area contributed by atoms with Crippen molar-refractivity contribution in [3.05, 3.63) is 52.3 Å². The molecule has 0 bridgehead atoms. The number of amides is 1. The predicted octanol–water partition coefficient (Wildman–Crippen LogP) is 3.32. The number of benzene rings is 1. The molecule has 0 unspecified atom stereocenters. The van der Waals surface area contributed by atoms with Gasteiger partial charge >= 0.3 is 0 Å². The van der Waals surface area contributed by atoms with Gasteiger partial charge in [0.1, 0.15) is 5.69 Å². The predicted molar refractivity (Wildman–Crippen MR) is 107 cm³/mol.